The number of esters is 1. The number of aliphatic hydroxyl groups excluding tert-OH is 2. The summed E-state index contributed by atoms with van der Waals surface area (Å²) in [5.74, 6) is -3.47. The Morgan fingerprint density at radius 2 is 1.89 bits per heavy atom. The molecular formula is C11H13F2NO4. The lowest BCUT2D eigenvalue weighted by Crippen LogP contribution is -2.31. The summed E-state index contributed by atoms with van der Waals surface area (Å²) < 4.78 is 31.3. The van der Waals surface area contributed by atoms with E-state index in [1.54, 1.807) is 0 Å². The second-order valence-corrected chi connectivity index (χ2v) is 3.54. The number of aliphatic hydroxyl groups is 2. The van der Waals surface area contributed by atoms with E-state index in [9.17, 15) is 23.8 Å². The van der Waals surface area contributed by atoms with Crippen molar-refractivity contribution < 1.29 is 28.5 Å². The predicted octanol–water partition coefficient (Wildman–Crippen LogP) is 0.504. The molecule has 0 aliphatic rings. The molecule has 0 saturated heterocycles. The molecule has 5 nitrogen and oxygen atoms in total. The summed E-state index contributed by atoms with van der Waals surface area (Å²) in [6.45, 7) is 1.46. The maximum Gasteiger partial charge on any atom is 0.338 e. The van der Waals surface area contributed by atoms with Crippen LogP contribution in [0.5, 0.6) is 0 Å². The van der Waals surface area contributed by atoms with Gasteiger partial charge in [-0.05, 0) is 19.1 Å². The van der Waals surface area contributed by atoms with Gasteiger partial charge in [-0.25, -0.2) is 13.6 Å². The number of hydrogen-bond donors (Lipinski definition) is 3. The summed E-state index contributed by atoms with van der Waals surface area (Å²) >= 11 is 0. The van der Waals surface area contributed by atoms with Crippen LogP contribution in [-0.2, 0) is 9.53 Å². The average Bonchev–Trinajstić information content (AvgIpc) is 2.26. The zero-order valence-corrected chi connectivity index (χ0v) is 9.56. The molecule has 0 amide bonds. The zero-order chi connectivity index (χ0) is 13.9. The van der Waals surface area contributed by atoms with E-state index in [4.69, 9.17) is 5.73 Å². The van der Waals surface area contributed by atoms with Gasteiger partial charge in [0.15, 0.2) is 6.10 Å². The lowest BCUT2D eigenvalue weighted by molar-refractivity contribution is -0.159. The summed E-state index contributed by atoms with van der Waals surface area (Å²) in [5, 5.41) is 19.0. The van der Waals surface area contributed by atoms with E-state index in [-0.39, 0.29) is 12.3 Å². The monoisotopic (exact) mass is 261 g/mol. The molecule has 4 N–H and O–H groups in total. The molecule has 100 valence electrons. The van der Waals surface area contributed by atoms with Crippen LogP contribution in [0.2, 0.25) is 0 Å². The van der Waals surface area contributed by atoms with Crippen molar-refractivity contribution in [2.75, 3.05) is 12.3 Å². The highest BCUT2D eigenvalue weighted by atomic mass is 19.1. The summed E-state index contributed by atoms with van der Waals surface area (Å²) in [6, 6.07) is 1.55. The van der Waals surface area contributed by atoms with Gasteiger partial charge in [0, 0.05) is 5.69 Å². The third kappa shape index (κ3) is 2.93. The van der Waals surface area contributed by atoms with Crippen LogP contribution in [0.4, 0.5) is 14.5 Å². The molecule has 0 aromatic heterocycles. The minimum Gasteiger partial charge on any atom is -0.464 e. The van der Waals surface area contributed by atoms with E-state index >= 15 is 0 Å². The van der Waals surface area contributed by atoms with Crippen LogP contribution in [0.15, 0.2) is 12.1 Å². The molecule has 0 aliphatic carbocycles. The van der Waals surface area contributed by atoms with Crippen LogP contribution in [0.25, 0.3) is 0 Å². The maximum absolute atomic E-state index is 13.4. The third-order valence-electron chi connectivity index (χ3n) is 2.22. The number of carbonyl (C=O) groups is 1. The second kappa shape index (κ2) is 5.74. The van der Waals surface area contributed by atoms with Crippen molar-refractivity contribution >= 4 is 11.7 Å². The molecule has 0 bridgehead atoms. The molecule has 1 aromatic rings. The van der Waals surface area contributed by atoms with Crippen molar-refractivity contribution in [2.24, 2.45) is 0 Å². The Morgan fingerprint density at radius 3 is 2.33 bits per heavy atom. The first-order valence-corrected chi connectivity index (χ1v) is 5.15. The maximum atomic E-state index is 13.4. The van der Waals surface area contributed by atoms with E-state index in [0.29, 0.717) is 0 Å². The van der Waals surface area contributed by atoms with Crippen LogP contribution >= 0.6 is 0 Å². The number of benzene rings is 1. The minimum atomic E-state index is -2.07. The zero-order valence-electron chi connectivity index (χ0n) is 9.56. The predicted molar refractivity (Wildman–Crippen MR) is 58.4 cm³/mol. The van der Waals surface area contributed by atoms with Crippen LogP contribution in [0.1, 0.15) is 18.6 Å². The first-order chi connectivity index (χ1) is 8.38. The molecule has 1 aromatic carbocycles. The van der Waals surface area contributed by atoms with Gasteiger partial charge in [-0.1, -0.05) is 0 Å². The number of halogens is 2. The number of nitrogens with two attached hydrogens (primary N) is 1. The van der Waals surface area contributed by atoms with E-state index < -0.39 is 35.4 Å². The second-order valence-electron chi connectivity index (χ2n) is 3.54. The summed E-state index contributed by atoms with van der Waals surface area (Å²) in [6.07, 6.45) is -4.14. The lowest BCUT2D eigenvalue weighted by Gasteiger charge is -2.18. The van der Waals surface area contributed by atoms with Gasteiger partial charge >= 0.3 is 5.97 Å². The van der Waals surface area contributed by atoms with Gasteiger partial charge in [-0.3, -0.25) is 0 Å². The average molecular weight is 261 g/mol. The Hall–Kier alpha value is -1.73. The fourth-order valence-corrected chi connectivity index (χ4v) is 1.40. The van der Waals surface area contributed by atoms with Gasteiger partial charge in [0.25, 0.3) is 0 Å². The number of hydrogen-bond acceptors (Lipinski definition) is 5. The van der Waals surface area contributed by atoms with Gasteiger partial charge in [-0.15, -0.1) is 0 Å². The van der Waals surface area contributed by atoms with Gasteiger partial charge in [-0.2, -0.15) is 0 Å². The molecule has 0 radical (unpaired) electrons. The smallest absolute Gasteiger partial charge is 0.338 e. The highest BCUT2D eigenvalue weighted by Crippen LogP contribution is 2.26. The lowest BCUT2D eigenvalue weighted by atomic mass is 10.0. The van der Waals surface area contributed by atoms with E-state index in [0.717, 1.165) is 12.1 Å². The Morgan fingerprint density at radius 1 is 1.39 bits per heavy atom. The molecule has 0 fully saturated rings. The summed E-state index contributed by atoms with van der Waals surface area (Å²) in [5.41, 5.74) is 4.19. The first kappa shape index (κ1) is 14.3. The summed E-state index contributed by atoms with van der Waals surface area (Å²) in [4.78, 5) is 11.1. The molecule has 0 aliphatic heterocycles. The van der Waals surface area contributed by atoms with Gasteiger partial charge in [0.05, 0.1) is 12.2 Å². The summed E-state index contributed by atoms with van der Waals surface area (Å²) in [7, 11) is 0. The number of nitrogen functional groups attached to an aromatic ring is 1. The topological polar surface area (TPSA) is 92.8 Å². The van der Waals surface area contributed by atoms with Crippen LogP contribution < -0.4 is 5.73 Å². The van der Waals surface area contributed by atoms with E-state index in [1.807, 2.05) is 0 Å². The Kier molecular flexibility index (Phi) is 4.57. The molecule has 0 spiro atoms. The number of ether oxygens (including phenoxy) is 1. The molecule has 0 saturated carbocycles. The molecule has 18 heavy (non-hydrogen) atoms. The third-order valence-corrected chi connectivity index (χ3v) is 2.22. The molecule has 2 unspecified atom stereocenters. The molecule has 2 atom stereocenters. The van der Waals surface area contributed by atoms with Crippen molar-refractivity contribution in [1.29, 1.82) is 0 Å². The highest BCUT2D eigenvalue weighted by molar-refractivity contribution is 5.75. The van der Waals surface area contributed by atoms with Crippen LogP contribution in [0.3, 0.4) is 0 Å². The van der Waals surface area contributed by atoms with Gasteiger partial charge in [0.1, 0.15) is 17.7 Å². The fraction of sp³-hybridized carbons (Fsp3) is 0.364. The van der Waals surface area contributed by atoms with Crippen molar-refractivity contribution in [3.05, 3.63) is 29.3 Å². The number of rotatable bonds is 4. The van der Waals surface area contributed by atoms with Crippen molar-refractivity contribution in [1.82, 2.24) is 0 Å². The Bertz CT molecular complexity index is 430. The van der Waals surface area contributed by atoms with Crippen molar-refractivity contribution in [3.63, 3.8) is 0 Å². The normalized spacial score (nSPS) is 14.1. The Labute approximate surface area is 102 Å². The minimum absolute atomic E-state index is 0.0324. The Balaban J connectivity index is 3.03. The number of carbonyl (C=O) groups excluding carboxylic acids is 1. The SMILES string of the molecule is CCOC(=O)C(O)C(O)c1c(F)cc(N)cc1F. The van der Waals surface area contributed by atoms with Gasteiger partial charge < -0.3 is 20.7 Å². The molecule has 1 rings (SSSR count). The first-order valence-electron chi connectivity index (χ1n) is 5.15. The molecule has 7 heteroatoms. The van der Waals surface area contributed by atoms with Crippen molar-refractivity contribution in [3.8, 4) is 0 Å². The van der Waals surface area contributed by atoms with Crippen molar-refractivity contribution in [2.45, 2.75) is 19.1 Å². The fourth-order valence-electron chi connectivity index (χ4n) is 1.40. The standard InChI is InChI=1S/C11H13F2NO4/c1-2-18-11(17)10(16)9(15)8-6(12)3-5(14)4-7(8)13/h3-4,9-10,15-16H,2,14H2,1H3. The van der Waals surface area contributed by atoms with E-state index in [2.05, 4.69) is 4.74 Å². The highest BCUT2D eigenvalue weighted by Gasteiger charge is 2.31. The van der Waals surface area contributed by atoms with E-state index in [1.165, 1.54) is 6.92 Å². The van der Waals surface area contributed by atoms with Crippen LogP contribution in [-0.4, -0.2) is 28.9 Å². The van der Waals surface area contributed by atoms with Crippen LogP contribution in [0, 0.1) is 11.6 Å². The number of anilines is 1. The quantitative estimate of drug-likeness (QED) is 0.542. The van der Waals surface area contributed by atoms with Gasteiger partial charge in [0.2, 0.25) is 0 Å². The molecular weight excluding hydrogens is 248 g/mol. The molecule has 0 heterocycles. The largest absolute Gasteiger partial charge is 0.464 e.